The van der Waals surface area contributed by atoms with Gasteiger partial charge in [-0.3, -0.25) is 9.59 Å². The van der Waals surface area contributed by atoms with Crippen molar-refractivity contribution in [3.8, 4) is 0 Å². The first-order valence-electron chi connectivity index (χ1n) is 5.69. The molecule has 1 aromatic rings. The first-order valence-corrected chi connectivity index (χ1v) is 5.69. The molecule has 1 rings (SSSR count). The van der Waals surface area contributed by atoms with Gasteiger partial charge in [-0.2, -0.15) is 5.10 Å². The third kappa shape index (κ3) is 4.01. The molecule has 1 heterocycles. The lowest BCUT2D eigenvalue weighted by molar-refractivity contribution is -0.147. The van der Waals surface area contributed by atoms with Crippen LogP contribution in [0.2, 0.25) is 0 Å². The van der Waals surface area contributed by atoms with E-state index in [0.29, 0.717) is 13.0 Å². The van der Waals surface area contributed by atoms with Crippen molar-refractivity contribution in [1.29, 1.82) is 0 Å². The van der Waals surface area contributed by atoms with Crippen molar-refractivity contribution in [1.82, 2.24) is 9.78 Å². The number of carbonyl (C=O) groups is 1. The quantitative estimate of drug-likeness (QED) is 0.763. The number of aromatic nitrogens is 2. The summed E-state index contributed by atoms with van der Waals surface area (Å²) in [4.78, 5) is 22.2. The molecule has 94 valence electrons. The fourth-order valence-electron chi connectivity index (χ4n) is 1.49. The standard InChI is InChI=1S/C12H18N2O3/c1-12(2,11(16)17)7-3-4-9-14-10(15)6-5-8-13-14/h5-6,8H,3-4,7,9H2,1-2H3,(H,16,17). The number of carboxylic acids is 1. The lowest BCUT2D eigenvalue weighted by atomic mass is 9.87. The molecule has 0 aliphatic carbocycles. The smallest absolute Gasteiger partial charge is 0.309 e. The Morgan fingerprint density at radius 3 is 2.76 bits per heavy atom. The van der Waals surface area contributed by atoms with Crippen LogP contribution in [0, 0.1) is 5.41 Å². The molecule has 1 N–H and O–H groups in total. The second kappa shape index (κ2) is 5.61. The van der Waals surface area contributed by atoms with Gasteiger partial charge in [0.25, 0.3) is 5.56 Å². The molecule has 0 atom stereocenters. The maximum atomic E-state index is 11.3. The molecule has 0 saturated carbocycles. The minimum Gasteiger partial charge on any atom is -0.481 e. The van der Waals surface area contributed by atoms with Gasteiger partial charge in [-0.25, -0.2) is 4.68 Å². The predicted molar refractivity (Wildman–Crippen MR) is 63.8 cm³/mol. The maximum absolute atomic E-state index is 11.3. The maximum Gasteiger partial charge on any atom is 0.309 e. The monoisotopic (exact) mass is 238 g/mol. The molecule has 0 spiro atoms. The number of hydrogen-bond acceptors (Lipinski definition) is 3. The average molecular weight is 238 g/mol. The fourth-order valence-corrected chi connectivity index (χ4v) is 1.49. The van der Waals surface area contributed by atoms with Gasteiger partial charge in [0.15, 0.2) is 0 Å². The van der Waals surface area contributed by atoms with Crippen LogP contribution in [0.4, 0.5) is 0 Å². The zero-order chi connectivity index (χ0) is 12.9. The first-order chi connectivity index (χ1) is 7.93. The normalized spacial score (nSPS) is 11.4. The van der Waals surface area contributed by atoms with Gasteiger partial charge < -0.3 is 5.11 Å². The van der Waals surface area contributed by atoms with Crippen molar-refractivity contribution < 1.29 is 9.90 Å². The summed E-state index contributed by atoms with van der Waals surface area (Å²) >= 11 is 0. The van der Waals surface area contributed by atoms with Crippen LogP contribution in [0.1, 0.15) is 33.1 Å². The Bertz CT molecular complexity index is 437. The summed E-state index contributed by atoms with van der Waals surface area (Å²) in [5.74, 6) is -0.785. The second-order valence-corrected chi connectivity index (χ2v) is 4.73. The number of hydrogen-bond donors (Lipinski definition) is 1. The first kappa shape index (κ1) is 13.4. The Morgan fingerprint density at radius 1 is 1.47 bits per heavy atom. The highest BCUT2D eigenvalue weighted by molar-refractivity contribution is 5.73. The van der Waals surface area contributed by atoms with Crippen LogP contribution >= 0.6 is 0 Å². The number of unbranched alkanes of at least 4 members (excludes halogenated alkanes) is 1. The van der Waals surface area contributed by atoms with Gasteiger partial charge in [0.1, 0.15) is 0 Å². The van der Waals surface area contributed by atoms with Crippen LogP contribution in [0.15, 0.2) is 23.1 Å². The summed E-state index contributed by atoms with van der Waals surface area (Å²) in [6.07, 6.45) is 3.70. The van der Waals surface area contributed by atoms with E-state index in [9.17, 15) is 9.59 Å². The minimum absolute atomic E-state index is 0.120. The zero-order valence-electron chi connectivity index (χ0n) is 10.2. The lowest BCUT2D eigenvalue weighted by Crippen LogP contribution is -2.24. The van der Waals surface area contributed by atoms with Gasteiger partial charge >= 0.3 is 5.97 Å². The molecule has 0 fully saturated rings. The van der Waals surface area contributed by atoms with E-state index in [1.807, 2.05) is 0 Å². The minimum atomic E-state index is -0.785. The van der Waals surface area contributed by atoms with Crippen LogP contribution in [0.5, 0.6) is 0 Å². The molecule has 0 unspecified atom stereocenters. The Balaban J connectivity index is 2.37. The van der Waals surface area contributed by atoms with Crippen molar-refractivity contribution in [2.75, 3.05) is 0 Å². The third-order valence-electron chi connectivity index (χ3n) is 2.79. The van der Waals surface area contributed by atoms with E-state index < -0.39 is 11.4 Å². The van der Waals surface area contributed by atoms with Gasteiger partial charge in [0.2, 0.25) is 0 Å². The Labute approximate surface area is 100 Å². The zero-order valence-corrected chi connectivity index (χ0v) is 10.2. The molecule has 0 aliphatic heterocycles. The van der Waals surface area contributed by atoms with E-state index >= 15 is 0 Å². The van der Waals surface area contributed by atoms with E-state index in [1.165, 1.54) is 10.7 Å². The summed E-state index contributed by atoms with van der Waals surface area (Å²) in [6.45, 7) is 3.96. The van der Waals surface area contributed by atoms with E-state index in [0.717, 1.165) is 12.8 Å². The number of aliphatic carboxylic acids is 1. The molecule has 0 saturated heterocycles. The lowest BCUT2D eigenvalue weighted by Gasteiger charge is -2.18. The summed E-state index contributed by atoms with van der Waals surface area (Å²) in [7, 11) is 0. The highest BCUT2D eigenvalue weighted by Gasteiger charge is 2.25. The van der Waals surface area contributed by atoms with Crippen LogP contribution in [0.3, 0.4) is 0 Å². The van der Waals surface area contributed by atoms with Crippen LogP contribution in [-0.2, 0) is 11.3 Å². The Morgan fingerprint density at radius 2 is 2.18 bits per heavy atom. The van der Waals surface area contributed by atoms with Crippen LogP contribution < -0.4 is 5.56 Å². The van der Waals surface area contributed by atoms with Gasteiger partial charge in [-0.05, 0) is 32.8 Å². The summed E-state index contributed by atoms with van der Waals surface area (Å²) in [5, 5.41) is 12.9. The third-order valence-corrected chi connectivity index (χ3v) is 2.79. The molecule has 5 heteroatoms. The fraction of sp³-hybridized carbons (Fsp3) is 0.583. The largest absolute Gasteiger partial charge is 0.481 e. The summed E-state index contributed by atoms with van der Waals surface area (Å²) < 4.78 is 1.40. The number of carboxylic acid groups (broad SMARTS) is 1. The van der Waals surface area contributed by atoms with Gasteiger partial charge in [-0.1, -0.05) is 6.42 Å². The molecule has 0 radical (unpaired) electrons. The highest BCUT2D eigenvalue weighted by atomic mass is 16.4. The topological polar surface area (TPSA) is 72.2 Å². The molecule has 17 heavy (non-hydrogen) atoms. The van der Waals surface area contributed by atoms with E-state index in [-0.39, 0.29) is 5.56 Å². The van der Waals surface area contributed by atoms with Crippen LogP contribution in [0.25, 0.3) is 0 Å². The van der Waals surface area contributed by atoms with Crippen molar-refractivity contribution in [3.63, 3.8) is 0 Å². The number of rotatable bonds is 6. The van der Waals surface area contributed by atoms with Crippen LogP contribution in [-0.4, -0.2) is 20.9 Å². The SMILES string of the molecule is CC(C)(CCCCn1ncccc1=O)C(=O)O. The van der Waals surface area contributed by atoms with Crippen molar-refractivity contribution in [3.05, 3.63) is 28.7 Å². The van der Waals surface area contributed by atoms with Gasteiger partial charge in [0.05, 0.1) is 5.41 Å². The molecular formula is C12H18N2O3. The van der Waals surface area contributed by atoms with E-state index in [1.54, 1.807) is 26.1 Å². The van der Waals surface area contributed by atoms with Crippen molar-refractivity contribution >= 4 is 5.97 Å². The molecule has 0 aliphatic rings. The Kier molecular flexibility index (Phi) is 4.43. The summed E-state index contributed by atoms with van der Waals surface area (Å²) in [5.41, 5.74) is -0.820. The average Bonchev–Trinajstić information content (AvgIpc) is 2.26. The molecule has 5 nitrogen and oxygen atoms in total. The molecule has 0 amide bonds. The molecule has 0 bridgehead atoms. The van der Waals surface area contributed by atoms with Gasteiger partial charge in [-0.15, -0.1) is 0 Å². The second-order valence-electron chi connectivity index (χ2n) is 4.73. The Hall–Kier alpha value is -1.65. The summed E-state index contributed by atoms with van der Waals surface area (Å²) in [6, 6.07) is 3.07. The van der Waals surface area contributed by atoms with E-state index in [4.69, 9.17) is 5.11 Å². The van der Waals surface area contributed by atoms with Crippen molar-refractivity contribution in [2.24, 2.45) is 5.41 Å². The number of nitrogens with zero attached hydrogens (tertiary/aromatic N) is 2. The predicted octanol–water partition coefficient (Wildman–Crippen LogP) is 1.52. The molecular weight excluding hydrogens is 220 g/mol. The highest BCUT2D eigenvalue weighted by Crippen LogP contribution is 2.23. The molecule has 1 aromatic heterocycles. The number of aryl methyl sites for hydroxylation is 1. The van der Waals surface area contributed by atoms with Gasteiger partial charge in [0, 0.05) is 18.8 Å². The molecule has 0 aromatic carbocycles. The van der Waals surface area contributed by atoms with E-state index in [2.05, 4.69) is 5.10 Å². The van der Waals surface area contributed by atoms with Crippen molar-refractivity contribution in [2.45, 2.75) is 39.7 Å².